The highest BCUT2D eigenvalue weighted by atomic mass is 35.5. The van der Waals surface area contributed by atoms with Crippen molar-refractivity contribution in [3.05, 3.63) is 70.5 Å². The van der Waals surface area contributed by atoms with Crippen molar-refractivity contribution in [1.82, 2.24) is 9.38 Å². The van der Waals surface area contributed by atoms with E-state index in [1.807, 2.05) is 18.6 Å². The third-order valence-corrected chi connectivity index (χ3v) is 6.81. The zero-order valence-electron chi connectivity index (χ0n) is 15.7. The van der Waals surface area contributed by atoms with E-state index in [2.05, 4.69) is 21.5 Å². The Kier molecular flexibility index (Phi) is 4.64. The lowest BCUT2D eigenvalue weighted by Crippen LogP contribution is -2.22. The molecule has 5 rings (SSSR count). The van der Waals surface area contributed by atoms with Crippen molar-refractivity contribution < 1.29 is 9.50 Å². The van der Waals surface area contributed by atoms with Gasteiger partial charge in [-0.3, -0.25) is 0 Å². The van der Waals surface area contributed by atoms with Crippen LogP contribution in [-0.2, 0) is 0 Å². The number of aliphatic hydroxyl groups is 1. The quantitative estimate of drug-likeness (QED) is 0.584. The highest BCUT2D eigenvalue weighted by Gasteiger charge is 2.34. The number of aliphatic hydroxyl groups excluding tert-OH is 1. The number of halogens is 2. The lowest BCUT2D eigenvalue weighted by Gasteiger charge is -2.33. The zero-order chi connectivity index (χ0) is 19.3. The number of hydrogen-bond acceptors (Lipinski definition) is 2. The molecule has 2 aromatic heterocycles. The van der Waals surface area contributed by atoms with Gasteiger partial charge in [0.05, 0.1) is 29.8 Å². The van der Waals surface area contributed by atoms with Gasteiger partial charge in [-0.15, -0.1) is 0 Å². The number of nitrogens with zero attached hydrogens (tertiary/aromatic N) is 2. The highest BCUT2D eigenvalue weighted by molar-refractivity contribution is 6.30. The van der Waals surface area contributed by atoms with Gasteiger partial charge in [-0.2, -0.15) is 0 Å². The minimum absolute atomic E-state index is 0.192. The minimum Gasteiger partial charge on any atom is -0.387 e. The van der Waals surface area contributed by atoms with E-state index in [0.29, 0.717) is 10.9 Å². The first-order chi connectivity index (χ1) is 13.6. The number of aromatic nitrogens is 2. The molecule has 5 heteroatoms. The van der Waals surface area contributed by atoms with E-state index in [1.165, 1.54) is 24.5 Å². The topological polar surface area (TPSA) is 37.5 Å². The lowest BCUT2D eigenvalue weighted by atomic mass is 9.75. The number of imidazole rings is 1. The molecular weight excluding hydrogens is 375 g/mol. The standard InChI is InChI=1S/C23H24ClFN2O/c24-17-7-9-19(21(25)11-17)14-3-5-16(6-4-14)23(28)22-20(15-1-2-15)10-8-18-12-26-13-27(18)22/h7-16,23,28H,1-6H2/t14-,16-,23-/m1/s1. The second-order valence-corrected chi connectivity index (χ2v) is 8.80. The Morgan fingerprint density at radius 1 is 1.00 bits per heavy atom. The lowest BCUT2D eigenvalue weighted by molar-refractivity contribution is 0.0752. The second-order valence-electron chi connectivity index (χ2n) is 8.36. The van der Waals surface area contributed by atoms with Gasteiger partial charge in [-0.25, -0.2) is 9.37 Å². The number of rotatable bonds is 4. The molecule has 2 heterocycles. The fourth-order valence-electron chi connectivity index (χ4n) is 4.88. The van der Waals surface area contributed by atoms with Crippen molar-refractivity contribution in [2.24, 2.45) is 5.92 Å². The first kappa shape index (κ1) is 18.1. The average molecular weight is 399 g/mol. The van der Waals surface area contributed by atoms with Crippen LogP contribution in [0.4, 0.5) is 4.39 Å². The Labute approximate surface area is 169 Å². The molecule has 146 valence electrons. The summed E-state index contributed by atoms with van der Waals surface area (Å²) in [7, 11) is 0. The summed E-state index contributed by atoms with van der Waals surface area (Å²) in [5.41, 5.74) is 4.06. The largest absolute Gasteiger partial charge is 0.387 e. The maximum atomic E-state index is 14.3. The molecule has 2 aliphatic rings. The molecule has 0 bridgehead atoms. The summed E-state index contributed by atoms with van der Waals surface area (Å²) >= 11 is 5.89. The molecule has 0 amide bonds. The van der Waals surface area contributed by atoms with E-state index < -0.39 is 6.10 Å². The Balaban J connectivity index is 1.38. The fraction of sp³-hybridized carbons (Fsp3) is 0.435. The van der Waals surface area contributed by atoms with E-state index in [9.17, 15) is 9.50 Å². The van der Waals surface area contributed by atoms with Gasteiger partial charge in [-0.05, 0) is 85.6 Å². The molecule has 3 aromatic rings. The van der Waals surface area contributed by atoms with Gasteiger partial charge in [0.25, 0.3) is 0 Å². The maximum Gasteiger partial charge on any atom is 0.128 e. The van der Waals surface area contributed by atoms with Crippen molar-refractivity contribution in [1.29, 1.82) is 0 Å². The number of benzene rings is 1. The van der Waals surface area contributed by atoms with Gasteiger partial charge < -0.3 is 9.51 Å². The van der Waals surface area contributed by atoms with Crippen LogP contribution in [-0.4, -0.2) is 14.5 Å². The van der Waals surface area contributed by atoms with Crippen LogP contribution in [0.1, 0.15) is 73.3 Å². The first-order valence-electron chi connectivity index (χ1n) is 10.2. The van der Waals surface area contributed by atoms with E-state index in [4.69, 9.17) is 11.6 Å². The predicted octanol–water partition coefficient (Wildman–Crippen LogP) is 6.01. The van der Waals surface area contributed by atoms with Gasteiger partial charge in [0.1, 0.15) is 5.82 Å². The van der Waals surface area contributed by atoms with Gasteiger partial charge >= 0.3 is 0 Å². The summed E-state index contributed by atoms with van der Waals surface area (Å²) in [6.45, 7) is 0. The molecule has 3 nitrogen and oxygen atoms in total. The van der Waals surface area contributed by atoms with Gasteiger partial charge in [0.2, 0.25) is 0 Å². The molecule has 1 N–H and O–H groups in total. The van der Waals surface area contributed by atoms with Crippen LogP contribution in [0.25, 0.3) is 5.52 Å². The molecule has 0 saturated heterocycles. The summed E-state index contributed by atoms with van der Waals surface area (Å²) in [6.07, 6.45) is 9.10. The third kappa shape index (κ3) is 3.23. The average Bonchev–Trinajstić information content (AvgIpc) is 3.43. The highest BCUT2D eigenvalue weighted by Crippen LogP contribution is 2.47. The van der Waals surface area contributed by atoms with Gasteiger partial charge in [-0.1, -0.05) is 23.7 Å². The van der Waals surface area contributed by atoms with Crippen LogP contribution in [0.3, 0.4) is 0 Å². The fourth-order valence-corrected chi connectivity index (χ4v) is 5.04. The number of hydrogen-bond donors (Lipinski definition) is 1. The van der Waals surface area contributed by atoms with E-state index in [0.717, 1.165) is 42.5 Å². The Morgan fingerprint density at radius 3 is 2.39 bits per heavy atom. The third-order valence-electron chi connectivity index (χ3n) is 6.57. The summed E-state index contributed by atoms with van der Waals surface area (Å²) in [5, 5.41) is 11.8. The number of pyridine rings is 1. The summed E-state index contributed by atoms with van der Waals surface area (Å²) in [6, 6.07) is 9.25. The molecule has 0 unspecified atom stereocenters. The minimum atomic E-state index is -0.510. The summed E-state index contributed by atoms with van der Waals surface area (Å²) < 4.78 is 16.4. The van der Waals surface area contributed by atoms with Crippen LogP contribution in [0.15, 0.2) is 42.9 Å². The molecule has 28 heavy (non-hydrogen) atoms. The molecular formula is C23H24ClFN2O. The Hall–Kier alpha value is -1.91. The second kappa shape index (κ2) is 7.16. The monoisotopic (exact) mass is 398 g/mol. The smallest absolute Gasteiger partial charge is 0.128 e. The Bertz CT molecular complexity index is 1010. The van der Waals surface area contributed by atoms with Crippen LogP contribution in [0, 0.1) is 11.7 Å². The molecule has 0 spiro atoms. The SMILES string of the molecule is O[C@@H](c1c(C2CC2)ccc2cncn12)[C@H]1CC[C@H](c2ccc(Cl)cc2F)CC1. The van der Waals surface area contributed by atoms with Crippen LogP contribution in [0.5, 0.6) is 0 Å². The molecule has 2 fully saturated rings. The van der Waals surface area contributed by atoms with E-state index in [1.54, 1.807) is 6.07 Å². The van der Waals surface area contributed by atoms with E-state index >= 15 is 0 Å². The zero-order valence-corrected chi connectivity index (χ0v) is 16.4. The maximum absolute atomic E-state index is 14.3. The number of fused-ring (bicyclic) bond motifs is 1. The van der Waals surface area contributed by atoms with Crippen molar-refractivity contribution in [2.75, 3.05) is 0 Å². The molecule has 0 radical (unpaired) electrons. The predicted molar refractivity (Wildman–Crippen MR) is 108 cm³/mol. The van der Waals surface area contributed by atoms with Crippen LogP contribution in [0.2, 0.25) is 5.02 Å². The van der Waals surface area contributed by atoms with Crippen LogP contribution >= 0.6 is 11.6 Å². The molecule has 2 saturated carbocycles. The Morgan fingerprint density at radius 2 is 1.68 bits per heavy atom. The van der Waals surface area contributed by atoms with Crippen molar-refractivity contribution in [2.45, 2.75) is 56.5 Å². The molecule has 1 aromatic carbocycles. The molecule has 0 aliphatic heterocycles. The van der Waals surface area contributed by atoms with Crippen molar-refractivity contribution in [3.8, 4) is 0 Å². The molecule has 2 aliphatic carbocycles. The van der Waals surface area contributed by atoms with Gasteiger partial charge in [0, 0.05) is 5.02 Å². The summed E-state index contributed by atoms with van der Waals surface area (Å²) in [4.78, 5) is 4.28. The van der Waals surface area contributed by atoms with Crippen LogP contribution < -0.4 is 0 Å². The summed E-state index contributed by atoms with van der Waals surface area (Å²) in [5.74, 6) is 0.747. The molecule has 1 atom stereocenters. The van der Waals surface area contributed by atoms with Crippen molar-refractivity contribution >= 4 is 17.1 Å². The normalized spacial score (nSPS) is 23.8. The van der Waals surface area contributed by atoms with Crippen molar-refractivity contribution in [3.63, 3.8) is 0 Å². The van der Waals surface area contributed by atoms with Gasteiger partial charge in [0.15, 0.2) is 0 Å². The first-order valence-corrected chi connectivity index (χ1v) is 10.6. The van der Waals surface area contributed by atoms with E-state index in [-0.39, 0.29) is 17.7 Å².